The third-order valence-electron chi connectivity index (χ3n) is 5.57. The second-order valence-corrected chi connectivity index (χ2v) is 7.36. The monoisotopic (exact) mass is 361 g/mol. The number of nitrogens with one attached hydrogen (secondary N) is 1. The average Bonchev–Trinajstić information content (AvgIpc) is 3.24. The highest BCUT2D eigenvalue weighted by molar-refractivity contribution is 5.85. The summed E-state index contributed by atoms with van der Waals surface area (Å²) < 4.78 is 1.74. The molecule has 27 heavy (non-hydrogen) atoms. The SMILES string of the molecule is CN[C@@]1(C)CCN(c2c(-c3ccccc3)c(C)c(C#N)c3nc(N)nn23)C1. The van der Waals surface area contributed by atoms with Crippen molar-refractivity contribution in [2.24, 2.45) is 0 Å². The summed E-state index contributed by atoms with van der Waals surface area (Å²) in [4.78, 5) is 6.65. The van der Waals surface area contributed by atoms with Crippen LogP contribution in [0.3, 0.4) is 0 Å². The van der Waals surface area contributed by atoms with E-state index in [2.05, 4.69) is 45.4 Å². The van der Waals surface area contributed by atoms with Gasteiger partial charge in [-0.1, -0.05) is 30.3 Å². The lowest BCUT2D eigenvalue weighted by molar-refractivity contribution is 0.428. The Morgan fingerprint density at radius 3 is 2.67 bits per heavy atom. The second kappa shape index (κ2) is 6.25. The first kappa shape index (κ1) is 17.3. The molecule has 1 saturated heterocycles. The Bertz CT molecular complexity index is 1050. The Morgan fingerprint density at radius 1 is 1.30 bits per heavy atom. The van der Waals surface area contributed by atoms with Crippen molar-refractivity contribution in [2.75, 3.05) is 30.8 Å². The van der Waals surface area contributed by atoms with Gasteiger partial charge < -0.3 is 16.0 Å². The molecule has 0 aliphatic carbocycles. The highest BCUT2D eigenvalue weighted by Gasteiger charge is 2.35. The summed E-state index contributed by atoms with van der Waals surface area (Å²) in [6.45, 7) is 5.92. The standard InChI is InChI=1S/C20H23N7/c1-13-15(11-21)17-24-19(22)25-27(17)18(16(13)14-7-5-4-6-8-14)26-10-9-20(2,12-26)23-3/h4-8,23H,9-10,12H2,1-3H3,(H2,22,25)/t20-/m0/s1. The molecule has 3 heterocycles. The van der Waals surface area contributed by atoms with E-state index in [1.165, 1.54) is 0 Å². The van der Waals surface area contributed by atoms with Crippen molar-refractivity contribution in [1.82, 2.24) is 19.9 Å². The molecule has 1 aliphatic heterocycles. The Labute approximate surface area is 158 Å². The zero-order valence-corrected chi connectivity index (χ0v) is 15.8. The molecule has 7 nitrogen and oxygen atoms in total. The number of nitrogens with zero attached hydrogens (tertiary/aromatic N) is 5. The van der Waals surface area contributed by atoms with Gasteiger partial charge in [0.15, 0.2) is 5.65 Å². The fraction of sp³-hybridized carbons (Fsp3) is 0.350. The highest BCUT2D eigenvalue weighted by atomic mass is 15.4. The van der Waals surface area contributed by atoms with Gasteiger partial charge in [0.05, 0.1) is 0 Å². The van der Waals surface area contributed by atoms with Gasteiger partial charge in [-0.05, 0) is 38.4 Å². The molecule has 0 saturated carbocycles. The largest absolute Gasteiger partial charge is 0.366 e. The van der Waals surface area contributed by atoms with Crippen molar-refractivity contribution >= 4 is 17.4 Å². The maximum atomic E-state index is 9.78. The van der Waals surface area contributed by atoms with Crippen molar-refractivity contribution in [2.45, 2.75) is 25.8 Å². The number of fused-ring (bicyclic) bond motifs is 1. The van der Waals surface area contributed by atoms with Crippen LogP contribution in [0.1, 0.15) is 24.5 Å². The third kappa shape index (κ3) is 2.69. The maximum Gasteiger partial charge on any atom is 0.240 e. The lowest BCUT2D eigenvalue weighted by Gasteiger charge is -2.27. The van der Waals surface area contributed by atoms with Crippen LogP contribution in [0.15, 0.2) is 30.3 Å². The Hall–Kier alpha value is -3.11. The number of hydrogen-bond donors (Lipinski definition) is 2. The van der Waals surface area contributed by atoms with Crippen LogP contribution >= 0.6 is 0 Å². The number of nitrogens with two attached hydrogens (primary N) is 1. The fourth-order valence-corrected chi connectivity index (χ4v) is 3.93. The van der Waals surface area contributed by atoms with E-state index < -0.39 is 0 Å². The topological polar surface area (TPSA) is 95.3 Å². The smallest absolute Gasteiger partial charge is 0.240 e. The molecule has 0 spiro atoms. The molecule has 1 fully saturated rings. The third-order valence-corrected chi connectivity index (χ3v) is 5.57. The van der Waals surface area contributed by atoms with Crippen LogP contribution in [0, 0.1) is 18.3 Å². The van der Waals surface area contributed by atoms with E-state index in [4.69, 9.17) is 5.73 Å². The van der Waals surface area contributed by atoms with Gasteiger partial charge in [0.2, 0.25) is 5.95 Å². The Kier molecular flexibility index (Phi) is 4.01. The number of pyridine rings is 1. The number of likely N-dealkylation sites (N-methyl/N-ethyl adjacent to an activating group) is 1. The number of rotatable bonds is 3. The van der Waals surface area contributed by atoms with E-state index in [1.807, 2.05) is 32.2 Å². The van der Waals surface area contributed by atoms with Crippen LogP contribution in [-0.4, -0.2) is 40.3 Å². The van der Waals surface area contributed by atoms with Crippen LogP contribution in [-0.2, 0) is 0 Å². The second-order valence-electron chi connectivity index (χ2n) is 7.36. The van der Waals surface area contributed by atoms with Crippen molar-refractivity contribution in [3.05, 3.63) is 41.5 Å². The molecule has 1 atom stereocenters. The minimum atomic E-state index is 0.0220. The van der Waals surface area contributed by atoms with Gasteiger partial charge in [-0.25, -0.2) is 0 Å². The van der Waals surface area contributed by atoms with Crippen molar-refractivity contribution < 1.29 is 0 Å². The predicted molar refractivity (Wildman–Crippen MR) is 107 cm³/mol. The summed E-state index contributed by atoms with van der Waals surface area (Å²) in [5.74, 6) is 1.11. The molecule has 7 heteroatoms. The quantitative estimate of drug-likeness (QED) is 0.743. The van der Waals surface area contributed by atoms with E-state index in [9.17, 15) is 5.26 Å². The number of anilines is 2. The Morgan fingerprint density at radius 2 is 2.04 bits per heavy atom. The van der Waals surface area contributed by atoms with Crippen LogP contribution in [0.4, 0.5) is 11.8 Å². The molecule has 0 unspecified atom stereocenters. The predicted octanol–water partition coefficient (Wildman–Crippen LogP) is 2.35. The highest BCUT2D eigenvalue weighted by Crippen LogP contribution is 2.39. The summed E-state index contributed by atoms with van der Waals surface area (Å²) in [5, 5.41) is 17.6. The van der Waals surface area contributed by atoms with Gasteiger partial charge in [0.25, 0.3) is 0 Å². The number of nitriles is 1. The first-order valence-corrected chi connectivity index (χ1v) is 9.05. The van der Waals surface area contributed by atoms with Gasteiger partial charge in [0.1, 0.15) is 17.5 Å². The first-order valence-electron chi connectivity index (χ1n) is 9.05. The molecule has 3 N–H and O–H groups in total. The van der Waals surface area contributed by atoms with Gasteiger partial charge in [-0.3, -0.25) is 0 Å². The summed E-state index contributed by atoms with van der Waals surface area (Å²) in [7, 11) is 1.99. The van der Waals surface area contributed by atoms with E-state index in [1.54, 1.807) is 4.52 Å². The van der Waals surface area contributed by atoms with E-state index in [0.29, 0.717) is 11.2 Å². The zero-order valence-electron chi connectivity index (χ0n) is 15.8. The van der Waals surface area contributed by atoms with E-state index >= 15 is 0 Å². The summed E-state index contributed by atoms with van der Waals surface area (Å²) in [6.07, 6.45) is 1.02. The normalized spacial score (nSPS) is 19.6. The van der Waals surface area contributed by atoms with E-state index in [0.717, 1.165) is 42.0 Å². The van der Waals surface area contributed by atoms with Gasteiger partial charge in [-0.15, -0.1) is 5.10 Å². The van der Waals surface area contributed by atoms with Crippen molar-refractivity contribution in [3.8, 4) is 17.2 Å². The Balaban J connectivity index is 2.05. The first-order chi connectivity index (χ1) is 13.0. The zero-order chi connectivity index (χ0) is 19.2. The van der Waals surface area contributed by atoms with Gasteiger partial charge in [-0.2, -0.15) is 14.8 Å². The molecule has 1 aromatic carbocycles. The van der Waals surface area contributed by atoms with E-state index in [-0.39, 0.29) is 11.5 Å². The molecule has 4 rings (SSSR count). The average molecular weight is 361 g/mol. The van der Waals surface area contributed by atoms with Crippen LogP contribution < -0.4 is 16.0 Å². The maximum absolute atomic E-state index is 9.78. The molecule has 0 radical (unpaired) electrons. The van der Waals surface area contributed by atoms with Crippen LogP contribution in [0.2, 0.25) is 0 Å². The molecule has 138 valence electrons. The molecule has 1 aliphatic rings. The number of hydrogen-bond acceptors (Lipinski definition) is 6. The summed E-state index contributed by atoms with van der Waals surface area (Å²) in [5.41, 5.74) is 9.92. The molecule has 0 bridgehead atoms. The van der Waals surface area contributed by atoms with Crippen molar-refractivity contribution in [3.63, 3.8) is 0 Å². The van der Waals surface area contributed by atoms with Gasteiger partial charge in [0, 0.05) is 24.2 Å². The number of aromatic nitrogens is 3. The van der Waals surface area contributed by atoms with Crippen molar-refractivity contribution in [1.29, 1.82) is 5.26 Å². The minimum Gasteiger partial charge on any atom is -0.366 e. The number of nitrogen functional groups attached to an aromatic ring is 1. The summed E-state index contributed by atoms with van der Waals surface area (Å²) >= 11 is 0. The molecule has 0 amide bonds. The van der Waals surface area contributed by atoms with Crippen LogP contribution in [0.25, 0.3) is 16.8 Å². The molecule has 3 aromatic rings. The fourth-order valence-electron chi connectivity index (χ4n) is 3.93. The van der Waals surface area contributed by atoms with Crippen LogP contribution in [0.5, 0.6) is 0 Å². The number of benzene rings is 1. The lowest BCUT2D eigenvalue weighted by atomic mass is 9.97. The molecular weight excluding hydrogens is 338 g/mol. The summed E-state index contributed by atoms with van der Waals surface area (Å²) in [6, 6.07) is 12.4. The lowest BCUT2D eigenvalue weighted by Crippen LogP contribution is -2.42. The molecular formula is C20H23N7. The molecule has 2 aromatic heterocycles. The van der Waals surface area contributed by atoms with Gasteiger partial charge >= 0.3 is 0 Å². The minimum absolute atomic E-state index is 0.0220.